The third-order valence-electron chi connectivity index (χ3n) is 3.97. The molecule has 2 rings (SSSR count). The van der Waals surface area contributed by atoms with Gasteiger partial charge in [-0.2, -0.15) is 0 Å². The van der Waals surface area contributed by atoms with Gasteiger partial charge in [0.15, 0.2) is 6.54 Å². The number of anilines is 1. The molecule has 1 unspecified atom stereocenters. The van der Waals surface area contributed by atoms with E-state index in [-0.39, 0.29) is 5.91 Å². The molecular formula is C19H24BrN2O3+. The number of carbonyl (C=O) groups is 1. The van der Waals surface area contributed by atoms with Crippen molar-refractivity contribution in [2.75, 3.05) is 32.6 Å². The Kier molecular flexibility index (Phi) is 7.28. The quantitative estimate of drug-likeness (QED) is 0.706. The van der Waals surface area contributed by atoms with E-state index in [1.54, 1.807) is 14.2 Å². The summed E-state index contributed by atoms with van der Waals surface area (Å²) in [6, 6.07) is 13.3. The number of hydrogen-bond acceptors (Lipinski definition) is 3. The van der Waals surface area contributed by atoms with Crippen LogP contribution in [-0.4, -0.2) is 33.2 Å². The van der Waals surface area contributed by atoms with Gasteiger partial charge in [0.05, 0.1) is 26.5 Å². The summed E-state index contributed by atoms with van der Waals surface area (Å²) < 4.78 is 11.7. The van der Waals surface area contributed by atoms with Crippen molar-refractivity contribution < 1.29 is 19.2 Å². The van der Waals surface area contributed by atoms with Gasteiger partial charge in [-0.25, -0.2) is 0 Å². The average molecular weight is 408 g/mol. The molecular weight excluding hydrogens is 384 g/mol. The Balaban J connectivity index is 2.04. The third kappa shape index (κ3) is 5.47. The first-order chi connectivity index (χ1) is 12.1. The lowest BCUT2D eigenvalue weighted by Gasteiger charge is -2.19. The maximum Gasteiger partial charge on any atom is 0.279 e. The van der Waals surface area contributed by atoms with Crippen LogP contribution < -0.4 is 19.7 Å². The van der Waals surface area contributed by atoms with Crippen molar-refractivity contribution in [2.24, 2.45) is 0 Å². The van der Waals surface area contributed by atoms with Crippen molar-refractivity contribution in [3.8, 4) is 11.5 Å². The Morgan fingerprint density at radius 2 is 1.84 bits per heavy atom. The molecule has 25 heavy (non-hydrogen) atoms. The van der Waals surface area contributed by atoms with Gasteiger partial charge in [-0.15, -0.1) is 0 Å². The molecule has 0 bridgehead atoms. The van der Waals surface area contributed by atoms with Crippen LogP contribution in [0.2, 0.25) is 0 Å². The largest absolute Gasteiger partial charge is 0.496 e. The maximum absolute atomic E-state index is 12.4. The molecule has 0 aliphatic carbocycles. The molecule has 2 aromatic rings. The van der Waals surface area contributed by atoms with Gasteiger partial charge in [0.25, 0.3) is 5.91 Å². The van der Waals surface area contributed by atoms with E-state index in [0.29, 0.717) is 24.5 Å². The maximum atomic E-state index is 12.4. The molecule has 0 saturated carbocycles. The van der Waals surface area contributed by atoms with Crippen LogP contribution >= 0.6 is 15.9 Å². The van der Waals surface area contributed by atoms with Crippen LogP contribution in [0.15, 0.2) is 46.9 Å². The minimum Gasteiger partial charge on any atom is -0.496 e. The molecule has 5 nitrogen and oxygen atoms in total. The second-order valence-electron chi connectivity index (χ2n) is 5.66. The van der Waals surface area contributed by atoms with Gasteiger partial charge in [-0.05, 0) is 37.3 Å². The lowest BCUT2D eigenvalue weighted by Crippen LogP contribution is -3.11. The van der Waals surface area contributed by atoms with E-state index < -0.39 is 0 Å². The monoisotopic (exact) mass is 407 g/mol. The van der Waals surface area contributed by atoms with Crippen LogP contribution in [-0.2, 0) is 11.3 Å². The van der Waals surface area contributed by atoms with Crippen LogP contribution in [0.1, 0.15) is 12.5 Å². The molecule has 0 aliphatic rings. The van der Waals surface area contributed by atoms with Crippen LogP contribution in [0, 0.1) is 0 Å². The van der Waals surface area contributed by atoms with Gasteiger partial charge >= 0.3 is 0 Å². The highest BCUT2D eigenvalue weighted by molar-refractivity contribution is 9.10. The molecule has 0 radical (unpaired) electrons. The van der Waals surface area contributed by atoms with Crippen molar-refractivity contribution in [2.45, 2.75) is 13.5 Å². The molecule has 0 heterocycles. The molecule has 0 fully saturated rings. The molecule has 0 aromatic heterocycles. The number of methoxy groups -OCH3 is 2. The van der Waals surface area contributed by atoms with Crippen LogP contribution in [0.3, 0.4) is 0 Å². The predicted octanol–water partition coefficient (Wildman–Crippen LogP) is 2.51. The highest BCUT2D eigenvalue weighted by Gasteiger charge is 2.17. The first kappa shape index (κ1) is 19.3. The number of amides is 1. The number of nitrogens with one attached hydrogen (secondary N) is 2. The molecule has 1 amide bonds. The fraction of sp³-hybridized carbons (Fsp3) is 0.316. The van der Waals surface area contributed by atoms with Crippen molar-refractivity contribution in [1.82, 2.24) is 0 Å². The lowest BCUT2D eigenvalue weighted by atomic mass is 10.2. The van der Waals surface area contributed by atoms with Gasteiger partial charge in [0.2, 0.25) is 0 Å². The molecule has 0 spiro atoms. The first-order valence-electron chi connectivity index (χ1n) is 8.16. The number of carbonyl (C=O) groups excluding carboxylic acids is 1. The summed E-state index contributed by atoms with van der Waals surface area (Å²) in [5, 5.41) is 2.93. The summed E-state index contributed by atoms with van der Waals surface area (Å²) >= 11 is 3.49. The number of halogens is 1. The zero-order valence-corrected chi connectivity index (χ0v) is 16.4. The first-order valence-corrected chi connectivity index (χ1v) is 8.95. The Morgan fingerprint density at radius 1 is 1.12 bits per heavy atom. The fourth-order valence-electron chi connectivity index (χ4n) is 2.64. The Hall–Kier alpha value is -2.05. The summed E-state index contributed by atoms with van der Waals surface area (Å²) in [5.74, 6) is 1.44. The van der Waals surface area contributed by atoms with Crippen LogP contribution in [0.5, 0.6) is 11.5 Å². The number of ether oxygens (including phenoxy) is 2. The highest BCUT2D eigenvalue weighted by Crippen LogP contribution is 2.23. The summed E-state index contributed by atoms with van der Waals surface area (Å²) in [6.45, 7) is 3.97. The zero-order chi connectivity index (χ0) is 18.2. The van der Waals surface area contributed by atoms with Gasteiger partial charge in [-0.3, -0.25) is 4.79 Å². The highest BCUT2D eigenvalue weighted by atomic mass is 79.9. The van der Waals surface area contributed by atoms with E-state index in [1.807, 2.05) is 42.5 Å². The van der Waals surface area contributed by atoms with Crippen molar-refractivity contribution in [3.05, 3.63) is 52.5 Å². The summed E-state index contributed by atoms with van der Waals surface area (Å²) in [6.07, 6.45) is 0. The van der Waals surface area contributed by atoms with Crippen molar-refractivity contribution >= 4 is 27.5 Å². The topological polar surface area (TPSA) is 52.0 Å². The van der Waals surface area contributed by atoms with E-state index in [0.717, 1.165) is 27.2 Å². The molecule has 1 atom stereocenters. The normalized spacial score (nSPS) is 11.7. The van der Waals surface area contributed by atoms with E-state index in [4.69, 9.17) is 9.47 Å². The number of benzene rings is 2. The molecule has 6 heteroatoms. The van der Waals surface area contributed by atoms with Gasteiger partial charge in [-0.1, -0.05) is 28.1 Å². The number of rotatable bonds is 8. The molecule has 2 aromatic carbocycles. The summed E-state index contributed by atoms with van der Waals surface area (Å²) in [7, 11) is 3.25. The predicted molar refractivity (Wildman–Crippen MR) is 102 cm³/mol. The lowest BCUT2D eigenvalue weighted by molar-refractivity contribution is -0.903. The van der Waals surface area contributed by atoms with Crippen LogP contribution in [0.4, 0.5) is 5.69 Å². The summed E-state index contributed by atoms with van der Waals surface area (Å²) in [4.78, 5) is 13.6. The second-order valence-corrected chi connectivity index (χ2v) is 6.58. The number of likely N-dealkylation sites (N-methyl/N-ethyl adjacent to an activating group) is 1. The van der Waals surface area contributed by atoms with E-state index >= 15 is 0 Å². The minimum atomic E-state index is -0.0460. The Morgan fingerprint density at radius 3 is 2.52 bits per heavy atom. The average Bonchev–Trinajstić information content (AvgIpc) is 2.61. The third-order valence-corrected chi connectivity index (χ3v) is 4.47. The molecule has 0 aliphatic heterocycles. The smallest absolute Gasteiger partial charge is 0.279 e. The SMILES string of the molecule is CC[NH+](CC(=O)Nc1ccccc1OC)Cc1cc(Br)ccc1OC. The Bertz CT molecular complexity index is 722. The number of quaternary nitrogens is 1. The minimum absolute atomic E-state index is 0.0460. The van der Waals surface area contributed by atoms with Crippen molar-refractivity contribution in [1.29, 1.82) is 0 Å². The van der Waals surface area contributed by atoms with E-state index in [9.17, 15) is 4.79 Å². The number of para-hydroxylation sites is 2. The van der Waals surface area contributed by atoms with Gasteiger partial charge in [0, 0.05) is 10.0 Å². The van der Waals surface area contributed by atoms with E-state index in [2.05, 4.69) is 28.2 Å². The number of hydrogen-bond donors (Lipinski definition) is 2. The standard InChI is InChI=1S/C19H23BrN2O3/c1-4-22(12-14-11-15(20)9-10-17(14)24-2)13-19(23)21-16-7-5-6-8-18(16)25-3/h5-11H,4,12-13H2,1-3H3,(H,21,23)/p+1. The van der Waals surface area contributed by atoms with Gasteiger partial charge < -0.3 is 19.7 Å². The molecule has 2 N–H and O–H groups in total. The van der Waals surface area contributed by atoms with Crippen molar-refractivity contribution in [3.63, 3.8) is 0 Å². The zero-order valence-electron chi connectivity index (χ0n) is 14.8. The fourth-order valence-corrected chi connectivity index (χ4v) is 3.05. The Labute approximate surface area is 157 Å². The summed E-state index contributed by atoms with van der Waals surface area (Å²) in [5.41, 5.74) is 1.75. The second kappa shape index (κ2) is 9.44. The van der Waals surface area contributed by atoms with Gasteiger partial charge in [0.1, 0.15) is 18.0 Å². The van der Waals surface area contributed by atoms with Crippen LogP contribution in [0.25, 0.3) is 0 Å². The molecule has 134 valence electrons. The van der Waals surface area contributed by atoms with E-state index in [1.165, 1.54) is 0 Å². The molecule has 0 saturated heterocycles.